The Labute approximate surface area is 177 Å². The average Bonchev–Trinajstić information content (AvgIpc) is 2.71. The third-order valence-electron chi connectivity index (χ3n) is 5.90. The van der Waals surface area contributed by atoms with E-state index in [1.54, 1.807) is 0 Å². The summed E-state index contributed by atoms with van der Waals surface area (Å²) in [4.78, 5) is 15.5. The highest BCUT2D eigenvalue weighted by Crippen LogP contribution is 2.47. The van der Waals surface area contributed by atoms with Crippen molar-refractivity contribution in [2.24, 2.45) is 5.92 Å². The maximum absolute atomic E-state index is 13.7. The highest BCUT2D eigenvalue weighted by molar-refractivity contribution is 9.09. The molecule has 2 aromatic carbocycles. The summed E-state index contributed by atoms with van der Waals surface area (Å²) >= 11 is 3.48. The van der Waals surface area contributed by atoms with Crippen LogP contribution in [-0.2, 0) is 16.6 Å². The molecule has 0 saturated carbocycles. The largest absolute Gasteiger partial charge is 0.493 e. The topological polar surface area (TPSA) is 29.5 Å². The molecule has 0 radical (unpaired) electrons. The van der Waals surface area contributed by atoms with Crippen molar-refractivity contribution in [3.63, 3.8) is 0 Å². The van der Waals surface area contributed by atoms with E-state index in [1.807, 2.05) is 42.3 Å². The van der Waals surface area contributed by atoms with Crippen LogP contribution in [0, 0.1) is 5.92 Å². The smallest absolute Gasteiger partial charge is 0.238 e. The van der Waals surface area contributed by atoms with Crippen LogP contribution >= 0.6 is 15.9 Å². The minimum Gasteiger partial charge on any atom is -0.493 e. The lowest BCUT2D eigenvalue weighted by Crippen LogP contribution is -2.53. The predicted octanol–water partition coefficient (Wildman–Crippen LogP) is 5.74. The van der Waals surface area contributed by atoms with Crippen LogP contribution in [0.15, 0.2) is 48.5 Å². The van der Waals surface area contributed by atoms with Gasteiger partial charge in [-0.05, 0) is 49.3 Å². The molecular formula is C24H30BrNO2. The highest BCUT2D eigenvalue weighted by atomic mass is 79.9. The van der Waals surface area contributed by atoms with E-state index in [2.05, 4.69) is 48.0 Å². The van der Waals surface area contributed by atoms with Crippen LogP contribution in [0.5, 0.6) is 5.75 Å². The monoisotopic (exact) mass is 443 g/mol. The van der Waals surface area contributed by atoms with Crippen molar-refractivity contribution in [1.29, 1.82) is 0 Å². The van der Waals surface area contributed by atoms with E-state index in [9.17, 15) is 4.79 Å². The second kappa shape index (κ2) is 9.13. The molecule has 1 atom stereocenters. The Morgan fingerprint density at radius 3 is 2.54 bits per heavy atom. The van der Waals surface area contributed by atoms with E-state index in [4.69, 9.17) is 4.74 Å². The zero-order valence-corrected chi connectivity index (χ0v) is 18.7. The van der Waals surface area contributed by atoms with Gasteiger partial charge in [-0.1, -0.05) is 66.2 Å². The summed E-state index contributed by atoms with van der Waals surface area (Å²) in [5.74, 6) is 1.14. The van der Waals surface area contributed by atoms with Gasteiger partial charge in [-0.2, -0.15) is 0 Å². The Hall–Kier alpha value is -1.81. The highest BCUT2D eigenvalue weighted by Gasteiger charge is 2.49. The van der Waals surface area contributed by atoms with E-state index < -0.39 is 5.41 Å². The Bertz CT molecular complexity index is 820. The number of fused-ring (bicyclic) bond motifs is 1. The molecule has 0 spiro atoms. The minimum absolute atomic E-state index is 0.147. The number of halogens is 1. The fraction of sp³-hybridized carbons (Fsp3) is 0.458. The molecule has 3 nitrogen and oxygen atoms in total. The van der Waals surface area contributed by atoms with Crippen LogP contribution < -0.4 is 9.64 Å². The van der Waals surface area contributed by atoms with Gasteiger partial charge in [0.1, 0.15) is 5.75 Å². The van der Waals surface area contributed by atoms with E-state index in [-0.39, 0.29) is 11.8 Å². The molecule has 0 saturated heterocycles. The lowest BCUT2D eigenvalue weighted by atomic mass is 9.64. The van der Waals surface area contributed by atoms with E-state index in [0.29, 0.717) is 13.0 Å². The number of para-hydroxylation sites is 2. The van der Waals surface area contributed by atoms with Crippen LogP contribution in [-0.4, -0.2) is 24.9 Å². The van der Waals surface area contributed by atoms with Crippen LogP contribution in [0.3, 0.4) is 0 Å². The maximum atomic E-state index is 13.7. The van der Waals surface area contributed by atoms with Crippen molar-refractivity contribution in [2.75, 3.05) is 23.9 Å². The maximum Gasteiger partial charge on any atom is 0.238 e. The van der Waals surface area contributed by atoms with Crippen LogP contribution in [0.25, 0.3) is 0 Å². The fourth-order valence-electron chi connectivity index (χ4n) is 4.26. The molecule has 3 rings (SSSR count). The number of alkyl halides is 1. The summed E-state index contributed by atoms with van der Waals surface area (Å²) in [6, 6.07) is 16.3. The van der Waals surface area contributed by atoms with Gasteiger partial charge in [0.25, 0.3) is 0 Å². The first kappa shape index (κ1) is 20.9. The number of likely N-dealkylation sites (N-methyl/N-ethyl adjacent to an activating group) is 1. The van der Waals surface area contributed by atoms with Crippen molar-refractivity contribution < 1.29 is 9.53 Å². The quantitative estimate of drug-likeness (QED) is 0.384. The predicted molar refractivity (Wildman–Crippen MR) is 120 cm³/mol. The second-order valence-electron chi connectivity index (χ2n) is 7.89. The number of ether oxygens (including phenoxy) is 1. The van der Waals surface area contributed by atoms with Crippen LogP contribution in [0.1, 0.15) is 44.2 Å². The molecular weight excluding hydrogens is 414 g/mol. The van der Waals surface area contributed by atoms with Gasteiger partial charge in [-0.3, -0.25) is 4.79 Å². The Kier molecular flexibility index (Phi) is 6.82. The van der Waals surface area contributed by atoms with Crippen molar-refractivity contribution >= 4 is 27.5 Å². The molecule has 1 heterocycles. The van der Waals surface area contributed by atoms with E-state index in [0.717, 1.165) is 41.6 Å². The van der Waals surface area contributed by atoms with Gasteiger partial charge >= 0.3 is 0 Å². The summed E-state index contributed by atoms with van der Waals surface area (Å²) in [6.07, 6.45) is 4.01. The van der Waals surface area contributed by atoms with Crippen LogP contribution in [0.2, 0.25) is 0 Å². The summed E-state index contributed by atoms with van der Waals surface area (Å²) < 4.78 is 6.20. The third-order valence-corrected chi connectivity index (χ3v) is 6.46. The molecule has 1 aliphatic heterocycles. The number of hydrogen-bond donors (Lipinski definition) is 0. The lowest BCUT2D eigenvalue weighted by molar-refractivity contribution is -0.126. The average molecular weight is 444 g/mol. The Balaban J connectivity index is 1.98. The van der Waals surface area contributed by atoms with Crippen LogP contribution in [0.4, 0.5) is 5.69 Å². The Morgan fingerprint density at radius 2 is 1.79 bits per heavy atom. The molecule has 1 unspecified atom stereocenters. The van der Waals surface area contributed by atoms with Crippen molar-refractivity contribution in [3.8, 4) is 5.75 Å². The SMILES string of the molecule is CC(C)C1(c2ccccc2OCCCCCBr)Cc2ccccc2N(C)C1=O. The number of carbonyl (C=O) groups excluding carboxylic acids is 1. The first-order chi connectivity index (χ1) is 13.5. The molecule has 0 fully saturated rings. The number of anilines is 1. The van der Waals surface area contributed by atoms with Crippen molar-refractivity contribution in [1.82, 2.24) is 0 Å². The number of nitrogens with zero attached hydrogens (tertiary/aromatic N) is 1. The van der Waals surface area contributed by atoms with Gasteiger partial charge in [0, 0.05) is 23.6 Å². The van der Waals surface area contributed by atoms with Gasteiger partial charge in [0.05, 0.1) is 12.0 Å². The summed E-state index contributed by atoms with van der Waals surface area (Å²) in [5, 5.41) is 1.03. The molecule has 0 bridgehead atoms. The first-order valence-corrected chi connectivity index (χ1v) is 11.3. The number of benzene rings is 2. The molecule has 4 heteroatoms. The molecule has 0 N–H and O–H groups in total. The van der Waals surface area contributed by atoms with Gasteiger partial charge in [-0.25, -0.2) is 0 Å². The molecule has 1 amide bonds. The summed E-state index contributed by atoms with van der Waals surface area (Å²) in [7, 11) is 1.89. The van der Waals surface area contributed by atoms with Gasteiger partial charge in [-0.15, -0.1) is 0 Å². The van der Waals surface area contributed by atoms with Crippen molar-refractivity contribution in [2.45, 2.75) is 44.9 Å². The molecule has 0 aromatic heterocycles. The summed E-state index contributed by atoms with van der Waals surface area (Å²) in [5.41, 5.74) is 2.62. The number of hydrogen-bond acceptors (Lipinski definition) is 2. The normalized spacial score (nSPS) is 19.0. The number of carbonyl (C=O) groups is 1. The second-order valence-corrected chi connectivity index (χ2v) is 8.68. The van der Waals surface area contributed by atoms with Gasteiger partial charge in [0.15, 0.2) is 0 Å². The zero-order chi connectivity index (χ0) is 20.1. The molecule has 150 valence electrons. The minimum atomic E-state index is -0.616. The lowest BCUT2D eigenvalue weighted by Gasteiger charge is -2.44. The zero-order valence-electron chi connectivity index (χ0n) is 17.1. The van der Waals surface area contributed by atoms with Crippen molar-refractivity contribution in [3.05, 3.63) is 59.7 Å². The van der Waals surface area contributed by atoms with Gasteiger partial charge < -0.3 is 9.64 Å². The fourth-order valence-corrected chi connectivity index (χ4v) is 4.66. The number of amides is 1. The molecule has 1 aliphatic rings. The van der Waals surface area contributed by atoms with E-state index >= 15 is 0 Å². The number of unbranched alkanes of at least 4 members (excludes halogenated alkanes) is 2. The summed E-state index contributed by atoms with van der Waals surface area (Å²) in [6.45, 7) is 4.97. The Morgan fingerprint density at radius 1 is 1.07 bits per heavy atom. The standard InChI is InChI=1S/C24H30BrNO2/c1-18(2)24(17-19-11-5-7-13-21(19)26(3)23(24)27)20-12-6-8-14-22(20)28-16-10-4-9-15-25/h5-8,11-14,18H,4,9-10,15-17H2,1-3H3. The van der Waals surface area contributed by atoms with E-state index in [1.165, 1.54) is 5.56 Å². The first-order valence-electron chi connectivity index (χ1n) is 10.2. The number of rotatable bonds is 8. The third kappa shape index (κ3) is 3.84. The molecule has 28 heavy (non-hydrogen) atoms. The van der Waals surface area contributed by atoms with Gasteiger partial charge in [0.2, 0.25) is 5.91 Å². The molecule has 0 aliphatic carbocycles. The molecule has 2 aromatic rings.